The van der Waals surface area contributed by atoms with Crippen molar-refractivity contribution >= 4 is 0 Å². The van der Waals surface area contributed by atoms with Crippen molar-refractivity contribution in [2.45, 2.75) is 31.7 Å². The highest BCUT2D eigenvalue weighted by Crippen LogP contribution is 2.40. The van der Waals surface area contributed by atoms with Crippen LogP contribution in [0, 0.1) is 0 Å². The van der Waals surface area contributed by atoms with E-state index in [2.05, 4.69) is 18.3 Å². The minimum atomic E-state index is 0.358. The fraction of sp³-hybridized carbons (Fsp3) is 0.538. The Morgan fingerprint density at radius 3 is 3.12 bits per heavy atom. The third-order valence-electron chi connectivity index (χ3n) is 3.62. The number of para-hydroxylation sites is 1. The molecule has 3 heteroatoms. The van der Waals surface area contributed by atoms with Crippen LogP contribution in [0.5, 0.6) is 11.5 Å². The molecular formula is C13H17NO2. The van der Waals surface area contributed by atoms with E-state index >= 15 is 0 Å². The maximum atomic E-state index is 5.56. The fourth-order valence-electron chi connectivity index (χ4n) is 2.67. The molecule has 0 aromatic heterocycles. The van der Waals surface area contributed by atoms with Crippen LogP contribution < -0.4 is 14.8 Å². The molecule has 86 valence electrons. The number of fused-ring (bicyclic) bond motifs is 1. The number of ether oxygens (including phenoxy) is 2. The Bertz CT molecular complexity index is 386. The van der Waals surface area contributed by atoms with Crippen LogP contribution in [0.15, 0.2) is 18.2 Å². The van der Waals surface area contributed by atoms with Gasteiger partial charge in [0.2, 0.25) is 6.79 Å². The van der Waals surface area contributed by atoms with Crippen molar-refractivity contribution in [3.05, 3.63) is 23.8 Å². The van der Waals surface area contributed by atoms with Crippen LogP contribution in [0.2, 0.25) is 0 Å². The van der Waals surface area contributed by atoms with Crippen LogP contribution >= 0.6 is 0 Å². The van der Waals surface area contributed by atoms with E-state index in [1.165, 1.54) is 18.4 Å². The Hall–Kier alpha value is -1.22. The zero-order valence-corrected chi connectivity index (χ0v) is 9.53. The second-order valence-electron chi connectivity index (χ2n) is 4.57. The summed E-state index contributed by atoms with van der Waals surface area (Å²) in [6, 6.07) is 6.75. The molecule has 2 heterocycles. The van der Waals surface area contributed by atoms with Crippen molar-refractivity contribution in [3.63, 3.8) is 0 Å². The summed E-state index contributed by atoms with van der Waals surface area (Å²) in [7, 11) is 0. The molecule has 0 spiro atoms. The predicted molar refractivity (Wildman–Crippen MR) is 62.0 cm³/mol. The van der Waals surface area contributed by atoms with Crippen LogP contribution in [0.25, 0.3) is 0 Å². The van der Waals surface area contributed by atoms with E-state index in [1.54, 1.807) is 0 Å². The molecular weight excluding hydrogens is 202 g/mol. The molecule has 2 unspecified atom stereocenters. The quantitative estimate of drug-likeness (QED) is 0.827. The summed E-state index contributed by atoms with van der Waals surface area (Å²) in [5, 5.41) is 3.55. The normalized spacial score (nSPS) is 24.7. The van der Waals surface area contributed by atoms with Crippen molar-refractivity contribution in [1.29, 1.82) is 0 Å². The maximum Gasteiger partial charge on any atom is 0.231 e. The van der Waals surface area contributed by atoms with E-state index in [0.717, 1.165) is 18.0 Å². The van der Waals surface area contributed by atoms with E-state index in [0.29, 0.717) is 18.8 Å². The average Bonchev–Trinajstić information content (AvgIpc) is 2.98. The van der Waals surface area contributed by atoms with Crippen molar-refractivity contribution in [2.75, 3.05) is 13.3 Å². The SMILES string of the molecule is CC(c1cccc2c1OCO2)C1CCCN1. The van der Waals surface area contributed by atoms with Gasteiger partial charge >= 0.3 is 0 Å². The molecule has 0 radical (unpaired) electrons. The van der Waals surface area contributed by atoms with Crippen LogP contribution in [-0.4, -0.2) is 19.4 Å². The van der Waals surface area contributed by atoms with Crippen LogP contribution in [0.4, 0.5) is 0 Å². The van der Waals surface area contributed by atoms with E-state index in [9.17, 15) is 0 Å². The van der Waals surface area contributed by atoms with Crippen LogP contribution in [-0.2, 0) is 0 Å². The van der Waals surface area contributed by atoms with E-state index in [1.807, 2.05) is 12.1 Å². The second kappa shape index (κ2) is 3.98. The second-order valence-corrected chi connectivity index (χ2v) is 4.57. The summed E-state index contributed by atoms with van der Waals surface area (Å²) in [5.41, 5.74) is 1.27. The maximum absolute atomic E-state index is 5.56. The van der Waals surface area contributed by atoms with E-state index < -0.39 is 0 Å². The highest BCUT2D eigenvalue weighted by atomic mass is 16.7. The van der Waals surface area contributed by atoms with Crippen molar-refractivity contribution < 1.29 is 9.47 Å². The molecule has 2 aliphatic heterocycles. The minimum absolute atomic E-state index is 0.358. The smallest absolute Gasteiger partial charge is 0.231 e. The Kier molecular flexibility index (Phi) is 2.48. The summed E-state index contributed by atoms with van der Waals surface area (Å²) in [5.74, 6) is 2.32. The molecule has 1 aromatic rings. The molecule has 0 amide bonds. The van der Waals surface area contributed by atoms with Gasteiger partial charge in [-0.2, -0.15) is 0 Å². The van der Waals surface area contributed by atoms with Gasteiger partial charge in [-0.3, -0.25) is 0 Å². The van der Waals surface area contributed by atoms with Crippen molar-refractivity contribution in [1.82, 2.24) is 5.32 Å². The zero-order valence-electron chi connectivity index (χ0n) is 9.53. The fourth-order valence-corrected chi connectivity index (χ4v) is 2.67. The monoisotopic (exact) mass is 219 g/mol. The molecule has 1 saturated heterocycles. The summed E-state index contributed by atoms with van der Waals surface area (Å²) in [6.45, 7) is 3.76. The lowest BCUT2D eigenvalue weighted by Gasteiger charge is -2.20. The van der Waals surface area contributed by atoms with Gasteiger partial charge in [0, 0.05) is 17.5 Å². The van der Waals surface area contributed by atoms with Gasteiger partial charge < -0.3 is 14.8 Å². The predicted octanol–water partition coefficient (Wildman–Crippen LogP) is 2.27. The number of nitrogens with one attached hydrogen (secondary N) is 1. The van der Waals surface area contributed by atoms with Gasteiger partial charge in [-0.1, -0.05) is 19.1 Å². The molecule has 0 bridgehead atoms. The molecule has 3 rings (SSSR count). The standard InChI is InChI=1S/C13H17NO2/c1-9(11-5-3-7-14-11)10-4-2-6-12-13(10)16-8-15-12/h2,4,6,9,11,14H,3,5,7-8H2,1H3. The lowest BCUT2D eigenvalue weighted by Crippen LogP contribution is -2.27. The number of benzene rings is 1. The highest BCUT2D eigenvalue weighted by Gasteiger charge is 2.27. The molecule has 1 aromatic carbocycles. The summed E-state index contributed by atoms with van der Waals surface area (Å²) in [4.78, 5) is 0. The van der Waals surface area contributed by atoms with Gasteiger partial charge in [-0.25, -0.2) is 0 Å². The van der Waals surface area contributed by atoms with Gasteiger partial charge in [-0.15, -0.1) is 0 Å². The van der Waals surface area contributed by atoms with Crippen LogP contribution in [0.3, 0.4) is 0 Å². The van der Waals surface area contributed by atoms with E-state index in [4.69, 9.17) is 9.47 Å². The highest BCUT2D eigenvalue weighted by molar-refractivity contribution is 5.50. The molecule has 1 N–H and O–H groups in total. The van der Waals surface area contributed by atoms with E-state index in [-0.39, 0.29) is 0 Å². The van der Waals surface area contributed by atoms with Gasteiger partial charge in [0.1, 0.15) is 0 Å². The molecule has 3 nitrogen and oxygen atoms in total. The summed E-state index contributed by atoms with van der Waals surface area (Å²) >= 11 is 0. The lowest BCUT2D eigenvalue weighted by molar-refractivity contribution is 0.172. The third-order valence-corrected chi connectivity index (χ3v) is 3.62. The number of hydrogen-bond donors (Lipinski definition) is 1. The minimum Gasteiger partial charge on any atom is -0.454 e. The Labute approximate surface area is 95.8 Å². The van der Waals surface area contributed by atoms with Gasteiger partial charge in [-0.05, 0) is 25.5 Å². The van der Waals surface area contributed by atoms with Crippen LogP contribution in [0.1, 0.15) is 31.2 Å². The summed E-state index contributed by atoms with van der Waals surface area (Å²) < 4.78 is 11.0. The Morgan fingerprint density at radius 2 is 2.31 bits per heavy atom. The molecule has 0 saturated carbocycles. The topological polar surface area (TPSA) is 30.5 Å². The molecule has 2 aliphatic rings. The van der Waals surface area contributed by atoms with Crippen molar-refractivity contribution in [2.24, 2.45) is 0 Å². The number of hydrogen-bond acceptors (Lipinski definition) is 3. The lowest BCUT2D eigenvalue weighted by atomic mass is 9.91. The first-order valence-electron chi connectivity index (χ1n) is 5.98. The zero-order chi connectivity index (χ0) is 11.0. The largest absolute Gasteiger partial charge is 0.454 e. The first kappa shape index (κ1) is 9.97. The first-order valence-corrected chi connectivity index (χ1v) is 5.98. The molecule has 0 aliphatic carbocycles. The first-order chi connectivity index (χ1) is 7.86. The van der Waals surface area contributed by atoms with Gasteiger partial charge in [0.25, 0.3) is 0 Å². The molecule has 2 atom stereocenters. The third kappa shape index (κ3) is 1.55. The Balaban J connectivity index is 1.91. The molecule has 1 fully saturated rings. The molecule has 16 heavy (non-hydrogen) atoms. The summed E-state index contributed by atoms with van der Waals surface area (Å²) in [6.07, 6.45) is 2.53. The number of rotatable bonds is 2. The Morgan fingerprint density at radius 1 is 1.38 bits per heavy atom. The van der Waals surface area contributed by atoms with Gasteiger partial charge in [0.05, 0.1) is 0 Å². The average molecular weight is 219 g/mol. The van der Waals surface area contributed by atoms with Crippen molar-refractivity contribution in [3.8, 4) is 11.5 Å². The van der Waals surface area contributed by atoms with Gasteiger partial charge in [0.15, 0.2) is 11.5 Å².